The van der Waals surface area contributed by atoms with E-state index in [-0.39, 0.29) is 42.0 Å². The molecule has 0 spiro atoms. The van der Waals surface area contributed by atoms with Crippen molar-refractivity contribution in [2.24, 2.45) is 0 Å². The summed E-state index contributed by atoms with van der Waals surface area (Å²) < 4.78 is 23.2. The van der Waals surface area contributed by atoms with Crippen LogP contribution in [0.25, 0.3) is 11.1 Å². The molecule has 326 valence electrons. The van der Waals surface area contributed by atoms with Crippen LogP contribution in [0.2, 0.25) is 0 Å². The first kappa shape index (κ1) is 43.8. The van der Waals surface area contributed by atoms with Gasteiger partial charge in [-0.3, -0.25) is 39.0 Å². The molecule has 15 heteroatoms. The Balaban J connectivity index is 0.879. The average Bonchev–Trinajstić information content (AvgIpc) is 3.51. The van der Waals surface area contributed by atoms with Crippen molar-refractivity contribution >= 4 is 35.2 Å². The lowest BCUT2D eigenvalue weighted by molar-refractivity contribution is -0.136. The van der Waals surface area contributed by atoms with Crippen molar-refractivity contribution in [1.29, 1.82) is 0 Å². The van der Waals surface area contributed by atoms with Crippen molar-refractivity contribution in [2.45, 2.75) is 77.9 Å². The van der Waals surface area contributed by atoms with Crippen LogP contribution >= 0.6 is 0 Å². The summed E-state index contributed by atoms with van der Waals surface area (Å²) in [6.07, 6.45) is 3.22. The number of hydrogen-bond acceptors (Lipinski definition) is 11. The van der Waals surface area contributed by atoms with E-state index >= 15 is 0 Å². The van der Waals surface area contributed by atoms with E-state index in [0.717, 1.165) is 52.4 Å². The number of imide groups is 2. The summed E-state index contributed by atoms with van der Waals surface area (Å²) in [5.41, 5.74) is 5.58. The second-order valence-corrected chi connectivity index (χ2v) is 15.7. The first-order valence-electron chi connectivity index (χ1n) is 21.3. The average molecular weight is 848 g/mol. The third-order valence-corrected chi connectivity index (χ3v) is 11.4. The van der Waals surface area contributed by atoms with E-state index in [1.165, 1.54) is 12.1 Å². The SMILES string of the molecule is CCN(c1cc(C(=O)NCc2c(C)cc(C)[nH]c2=O)cc(-c2ccc(OCCCOCCCOc3ccc4c(c3)C(=O)N(C3CCC(=O)NC3=O)C4=O)cc2)c1)C1CCOCC1. The zero-order valence-corrected chi connectivity index (χ0v) is 35.4. The van der Waals surface area contributed by atoms with Crippen molar-refractivity contribution in [3.8, 4) is 22.6 Å². The number of nitrogens with zero attached hydrogens (tertiary/aromatic N) is 2. The highest BCUT2D eigenvalue weighted by Gasteiger charge is 2.44. The van der Waals surface area contributed by atoms with E-state index in [1.54, 1.807) is 6.07 Å². The van der Waals surface area contributed by atoms with Gasteiger partial charge in [-0.1, -0.05) is 12.1 Å². The van der Waals surface area contributed by atoms with Gasteiger partial charge >= 0.3 is 0 Å². The number of aromatic nitrogens is 1. The van der Waals surface area contributed by atoms with Crippen LogP contribution in [0.15, 0.2) is 71.5 Å². The second kappa shape index (κ2) is 20.0. The number of H-pyrrole nitrogens is 1. The van der Waals surface area contributed by atoms with Crippen molar-refractivity contribution < 1.29 is 42.9 Å². The summed E-state index contributed by atoms with van der Waals surface area (Å²) in [6, 6.07) is 19.5. The van der Waals surface area contributed by atoms with Gasteiger partial charge in [-0.25, -0.2) is 0 Å². The number of carbonyl (C=O) groups is 5. The van der Waals surface area contributed by atoms with E-state index in [9.17, 15) is 28.8 Å². The van der Waals surface area contributed by atoms with Gasteiger partial charge in [0.25, 0.3) is 23.3 Å². The van der Waals surface area contributed by atoms with Crippen molar-refractivity contribution in [1.82, 2.24) is 20.5 Å². The van der Waals surface area contributed by atoms with Crippen LogP contribution in [0, 0.1) is 13.8 Å². The Morgan fingerprint density at radius 3 is 2.19 bits per heavy atom. The lowest BCUT2D eigenvalue weighted by atomic mass is 9.99. The van der Waals surface area contributed by atoms with Gasteiger partial charge < -0.3 is 34.1 Å². The normalized spacial score (nSPS) is 16.6. The summed E-state index contributed by atoms with van der Waals surface area (Å²) in [7, 11) is 0. The van der Waals surface area contributed by atoms with Crippen LogP contribution in [-0.2, 0) is 25.6 Å². The molecule has 15 nitrogen and oxygen atoms in total. The molecule has 62 heavy (non-hydrogen) atoms. The van der Waals surface area contributed by atoms with E-state index in [0.29, 0.717) is 81.2 Å². The van der Waals surface area contributed by atoms with Gasteiger partial charge in [0.2, 0.25) is 11.8 Å². The Morgan fingerprint density at radius 1 is 0.806 bits per heavy atom. The molecule has 1 aromatic heterocycles. The number of carbonyl (C=O) groups excluding carboxylic acids is 5. The van der Waals surface area contributed by atoms with Crippen LogP contribution in [-0.4, -0.2) is 97.7 Å². The predicted molar refractivity (Wildman–Crippen MR) is 231 cm³/mol. The fourth-order valence-corrected chi connectivity index (χ4v) is 8.18. The molecule has 3 aliphatic heterocycles. The first-order chi connectivity index (χ1) is 30.0. The number of amides is 5. The molecule has 1 unspecified atom stereocenters. The minimum absolute atomic E-state index is 0.0577. The topological polar surface area (TPSA) is 186 Å². The number of nitrogens with one attached hydrogen (secondary N) is 3. The van der Waals surface area contributed by atoms with E-state index in [2.05, 4.69) is 33.5 Å². The third-order valence-electron chi connectivity index (χ3n) is 11.4. The molecular weight excluding hydrogens is 795 g/mol. The molecule has 0 bridgehead atoms. The Kier molecular flexibility index (Phi) is 14.1. The van der Waals surface area contributed by atoms with Gasteiger partial charge in [-0.05, 0) is 111 Å². The van der Waals surface area contributed by atoms with Crippen molar-refractivity contribution in [3.05, 3.63) is 111 Å². The molecule has 3 aromatic carbocycles. The number of anilines is 1. The maximum Gasteiger partial charge on any atom is 0.262 e. The fraction of sp³-hybridized carbons (Fsp3) is 0.404. The molecule has 0 aliphatic carbocycles. The maximum atomic E-state index is 13.7. The number of hydrogen-bond donors (Lipinski definition) is 3. The number of piperidine rings is 1. The van der Waals surface area contributed by atoms with E-state index in [1.807, 2.05) is 56.3 Å². The maximum absolute atomic E-state index is 13.7. The van der Waals surface area contributed by atoms with Crippen molar-refractivity contribution in [2.75, 3.05) is 51.1 Å². The molecule has 3 N–H and O–H groups in total. The molecule has 0 radical (unpaired) electrons. The Hall–Kier alpha value is -6.32. The van der Waals surface area contributed by atoms with Gasteiger partial charge in [0.15, 0.2) is 0 Å². The number of aromatic amines is 1. The van der Waals surface area contributed by atoms with Crippen LogP contribution in [0.4, 0.5) is 5.69 Å². The quantitative estimate of drug-likeness (QED) is 0.0878. The molecule has 2 fully saturated rings. The molecular formula is C47H53N5O10. The standard InChI is InChI=1S/C47H53N5O10/c1-4-51(34-15-21-60-22-16-34)35-25-32(24-33(26-35)43(54)48-28-40-29(2)23-30(3)49-44(40)55)31-7-9-36(10-8-31)61-19-5-17-59-18-6-20-62-37-11-12-38-39(27-37)47(58)52(46(38)57)41-13-14-42(53)50-45(41)56/h7-12,23-27,34,41H,4-6,13-22,28H2,1-3H3,(H,48,54)(H,49,55)(H,50,53,56). The zero-order chi connectivity index (χ0) is 43.8. The molecule has 5 amide bonds. The zero-order valence-electron chi connectivity index (χ0n) is 35.4. The van der Waals surface area contributed by atoms with Gasteiger partial charge in [0.1, 0.15) is 17.5 Å². The van der Waals surface area contributed by atoms with Crippen LogP contribution in [0.5, 0.6) is 11.5 Å². The lowest BCUT2D eigenvalue weighted by Gasteiger charge is -2.35. The van der Waals surface area contributed by atoms with E-state index in [4.69, 9.17) is 18.9 Å². The summed E-state index contributed by atoms with van der Waals surface area (Å²) in [5, 5.41) is 5.17. The third kappa shape index (κ3) is 10.2. The monoisotopic (exact) mass is 847 g/mol. The van der Waals surface area contributed by atoms with Crippen LogP contribution in [0.3, 0.4) is 0 Å². The summed E-state index contributed by atoms with van der Waals surface area (Å²) in [4.78, 5) is 82.3. The fourth-order valence-electron chi connectivity index (χ4n) is 8.18. The van der Waals surface area contributed by atoms with Crippen LogP contribution in [0.1, 0.15) is 93.3 Å². The van der Waals surface area contributed by atoms with Gasteiger partial charge in [0, 0.05) is 87.3 Å². The molecule has 3 aliphatic rings. The van der Waals surface area contributed by atoms with Crippen molar-refractivity contribution in [3.63, 3.8) is 0 Å². The number of ether oxygens (including phenoxy) is 4. The minimum Gasteiger partial charge on any atom is -0.494 e. The molecule has 4 heterocycles. The van der Waals surface area contributed by atoms with Crippen LogP contribution < -0.4 is 30.6 Å². The smallest absolute Gasteiger partial charge is 0.262 e. The number of aryl methyl sites for hydroxylation is 2. The summed E-state index contributed by atoms with van der Waals surface area (Å²) >= 11 is 0. The van der Waals surface area contributed by atoms with Gasteiger partial charge in [0.05, 0.1) is 24.3 Å². The summed E-state index contributed by atoms with van der Waals surface area (Å²) in [5.74, 6) is -1.34. The second-order valence-electron chi connectivity index (χ2n) is 15.7. The number of fused-ring (bicyclic) bond motifs is 1. The number of pyridine rings is 1. The largest absolute Gasteiger partial charge is 0.494 e. The molecule has 1 atom stereocenters. The predicted octanol–water partition coefficient (Wildman–Crippen LogP) is 5.25. The highest BCUT2D eigenvalue weighted by molar-refractivity contribution is 6.23. The molecule has 4 aromatic rings. The van der Waals surface area contributed by atoms with E-state index < -0.39 is 29.7 Å². The molecule has 2 saturated heterocycles. The Labute approximate surface area is 360 Å². The number of rotatable bonds is 18. The highest BCUT2D eigenvalue weighted by Crippen LogP contribution is 2.32. The minimum atomic E-state index is -1.02. The van der Waals surface area contributed by atoms with Gasteiger partial charge in [-0.2, -0.15) is 0 Å². The molecule has 0 saturated carbocycles. The number of benzene rings is 3. The Bertz CT molecular complexity index is 2370. The first-order valence-corrected chi connectivity index (χ1v) is 21.3. The molecule has 7 rings (SSSR count). The van der Waals surface area contributed by atoms with Gasteiger partial charge in [-0.15, -0.1) is 0 Å². The highest BCUT2D eigenvalue weighted by atomic mass is 16.5. The summed E-state index contributed by atoms with van der Waals surface area (Å²) in [6.45, 7) is 9.83. The lowest BCUT2D eigenvalue weighted by Crippen LogP contribution is -2.54. The Morgan fingerprint density at radius 2 is 1.50 bits per heavy atom.